The number of hydrogen-bond acceptors (Lipinski definition) is 7. The van der Waals surface area contributed by atoms with E-state index in [2.05, 4.69) is 52.4 Å². The van der Waals surface area contributed by atoms with Crippen molar-refractivity contribution in [2.75, 3.05) is 36.4 Å². The highest BCUT2D eigenvalue weighted by molar-refractivity contribution is 5.58. The van der Waals surface area contributed by atoms with Crippen LogP contribution in [0.15, 0.2) is 59.3 Å². The Balaban J connectivity index is 1.26. The van der Waals surface area contributed by atoms with Gasteiger partial charge in [-0.2, -0.15) is 4.52 Å². The van der Waals surface area contributed by atoms with Gasteiger partial charge in [0.1, 0.15) is 0 Å². The van der Waals surface area contributed by atoms with Gasteiger partial charge in [-0.15, -0.1) is 5.10 Å². The molecule has 182 valence electrons. The highest BCUT2D eigenvalue weighted by Crippen LogP contribution is 2.31. The van der Waals surface area contributed by atoms with E-state index >= 15 is 0 Å². The third kappa shape index (κ3) is 4.62. The summed E-state index contributed by atoms with van der Waals surface area (Å²) in [5.74, 6) is 2.02. The Labute approximate surface area is 206 Å². The Bertz CT molecular complexity index is 1250. The van der Waals surface area contributed by atoms with Gasteiger partial charge >= 0.3 is 0 Å². The zero-order chi connectivity index (χ0) is 23.7. The highest BCUT2D eigenvalue weighted by Gasteiger charge is 2.29. The van der Waals surface area contributed by atoms with Gasteiger partial charge in [-0.3, -0.25) is 4.90 Å². The summed E-state index contributed by atoms with van der Waals surface area (Å²) in [5.41, 5.74) is 3.26. The van der Waals surface area contributed by atoms with Crippen LogP contribution in [-0.4, -0.2) is 56.2 Å². The Kier molecular flexibility index (Phi) is 5.90. The Morgan fingerprint density at radius 1 is 0.971 bits per heavy atom. The lowest BCUT2D eigenvalue weighted by molar-refractivity contribution is 0.250. The summed E-state index contributed by atoms with van der Waals surface area (Å²) >= 11 is 0. The molecule has 0 radical (unpaired) electrons. The van der Waals surface area contributed by atoms with Crippen LogP contribution in [0.3, 0.4) is 0 Å². The van der Waals surface area contributed by atoms with Gasteiger partial charge in [0.05, 0.1) is 6.26 Å². The number of aromatic nitrogens is 4. The summed E-state index contributed by atoms with van der Waals surface area (Å²) in [6, 6.07) is 14.4. The second kappa shape index (κ2) is 9.34. The Hall–Kier alpha value is -3.39. The fourth-order valence-corrected chi connectivity index (χ4v) is 5.40. The average Bonchev–Trinajstić information content (AvgIpc) is 3.58. The second-order valence-corrected chi connectivity index (χ2v) is 10.1. The minimum atomic E-state index is 0.0320. The first-order valence-electron chi connectivity index (χ1n) is 12.8. The molecule has 0 spiro atoms. The fourth-order valence-electron chi connectivity index (χ4n) is 5.40. The van der Waals surface area contributed by atoms with Crippen LogP contribution in [0.5, 0.6) is 0 Å². The Morgan fingerprint density at radius 3 is 2.51 bits per heavy atom. The maximum absolute atomic E-state index is 5.61. The molecular formula is C27H33N7O. The van der Waals surface area contributed by atoms with Crippen molar-refractivity contribution in [3.63, 3.8) is 0 Å². The Morgan fingerprint density at radius 2 is 1.77 bits per heavy atom. The molecular weight excluding hydrogens is 438 g/mol. The first-order valence-corrected chi connectivity index (χ1v) is 12.8. The van der Waals surface area contributed by atoms with Gasteiger partial charge in [-0.25, -0.2) is 9.97 Å². The minimum absolute atomic E-state index is 0.0320. The zero-order valence-electron chi connectivity index (χ0n) is 20.4. The molecule has 4 aromatic rings. The summed E-state index contributed by atoms with van der Waals surface area (Å²) < 4.78 is 7.49. The van der Waals surface area contributed by atoms with Crippen molar-refractivity contribution >= 4 is 17.3 Å². The van der Waals surface area contributed by atoms with Crippen molar-refractivity contribution in [2.45, 2.75) is 51.1 Å². The smallest absolute Gasteiger partial charge is 0.226 e. The monoisotopic (exact) mass is 471 g/mol. The van der Waals surface area contributed by atoms with Crippen LogP contribution < -0.4 is 10.2 Å². The van der Waals surface area contributed by atoms with Crippen molar-refractivity contribution in [1.82, 2.24) is 24.5 Å². The van der Waals surface area contributed by atoms with Crippen LogP contribution in [0.2, 0.25) is 0 Å². The van der Waals surface area contributed by atoms with Crippen molar-refractivity contribution < 1.29 is 4.42 Å². The second-order valence-electron chi connectivity index (χ2n) is 10.1. The topological polar surface area (TPSA) is 74.7 Å². The normalized spacial score (nSPS) is 18.7. The number of para-hydroxylation sites is 1. The third-order valence-corrected chi connectivity index (χ3v) is 7.44. The van der Waals surface area contributed by atoms with Gasteiger partial charge in [-0.05, 0) is 44.0 Å². The molecule has 0 atom stereocenters. The van der Waals surface area contributed by atoms with Crippen molar-refractivity contribution in [3.8, 4) is 11.6 Å². The number of hydrogen-bond donors (Lipinski definition) is 1. The number of benzene rings is 1. The van der Waals surface area contributed by atoms with E-state index in [-0.39, 0.29) is 5.54 Å². The maximum atomic E-state index is 5.61. The largest absolute Gasteiger partial charge is 0.461 e. The molecule has 1 aliphatic carbocycles. The number of furan rings is 1. The van der Waals surface area contributed by atoms with Crippen molar-refractivity contribution in [3.05, 3.63) is 60.5 Å². The summed E-state index contributed by atoms with van der Waals surface area (Å²) in [4.78, 5) is 14.7. The first-order chi connectivity index (χ1) is 17.2. The summed E-state index contributed by atoms with van der Waals surface area (Å²) in [6.45, 7) is 7.11. The van der Waals surface area contributed by atoms with E-state index in [1.165, 1.54) is 24.9 Å². The van der Waals surface area contributed by atoms with Crippen LogP contribution in [0, 0.1) is 0 Å². The van der Waals surface area contributed by atoms with Gasteiger partial charge < -0.3 is 14.6 Å². The molecule has 1 saturated carbocycles. The summed E-state index contributed by atoms with van der Waals surface area (Å²) in [5, 5.41) is 8.53. The van der Waals surface area contributed by atoms with Crippen LogP contribution in [0.1, 0.15) is 44.6 Å². The molecule has 35 heavy (non-hydrogen) atoms. The van der Waals surface area contributed by atoms with Crippen LogP contribution in [0.25, 0.3) is 17.2 Å². The standard InChI is InChI=1S/C27H33N7O/c1-27(12-6-3-7-13-27)30-26-28-19-21(25-29-24(31-34(25)26)23-11-8-18-35-23)20-32-14-16-33(17-15-32)22-9-4-2-5-10-22/h2,4-5,8-11,18-19H,3,6-7,12-17,20H2,1H3,(H,28,30). The average molecular weight is 472 g/mol. The molecule has 4 heterocycles. The van der Waals surface area contributed by atoms with Gasteiger partial charge in [-0.1, -0.05) is 37.5 Å². The number of anilines is 2. The van der Waals surface area contributed by atoms with Crippen molar-refractivity contribution in [2.24, 2.45) is 0 Å². The number of fused-ring (bicyclic) bond motifs is 1. The fraction of sp³-hybridized carbons (Fsp3) is 0.444. The number of rotatable bonds is 6. The molecule has 6 rings (SSSR count). The third-order valence-electron chi connectivity index (χ3n) is 7.44. The molecule has 8 nitrogen and oxygen atoms in total. The summed E-state index contributed by atoms with van der Waals surface area (Å²) in [7, 11) is 0. The highest BCUT2D eigenvalue weighted by atomic mass is 16.3. The molecule has 3 aromatic heterocycles. The molecule has 2 aliphatic rings. The van der Waals surface area contributed by atoms with E-state index in [0.717, 1.165) is 62.7 Å². The van der Waals surface area contributed by atoms with Gasteiger partial charge in [0.15, 0.2) is 11.4 Å². The van der Waals surface area contributed by atoms with E-state index in [4.69, 9.17) is 19.5 Å². The van der Waals surface area contributed by atoms with E-state index in [1.54, 1.807) is 6.26 Å². The molecule has 8 heteroatoms. The molecule has 1 N–H and O–H groups in total. The molecule has 0 unspecified atom stereocenters. The number of nitrogens with one attached hydrogen (secondary N) is 1. The lowest BCUT2D eigenvalue weighted by atomic mass is 9.83. The lowest BCUT2D eigenvalue weighted by Gasteiger charge is -2.36. The van der Waals surface area contributed by atoms with Gasteiger partial charge in [0.25, 0.3) is 0 Å². The lowest BCUT2D eigenvalue weighted by Crippen LogP contribution is -2.46. The van der Waals surface area contributed by atoms with E-state index in [0.29, 0.717) is 11.6 Å². The first kappa shape index (κ1) is 22.1. The molecule has 1 saturated heterocycles. The predicted molar refractivity (Wildman–Crippen MR) is 138 cm³/mol. The molecule has 0 bridgehead atoms. The molecule has 2 fully saturated rings. The van der Waals surface area contributed by atoms with Crippen LogP contribution in [0.4, 0.5) is 11.6 Å². The van der Waals surface area contributed by atoms with Crippen LogP contribution >= 0.6 is 0 Å². The van der Waals surface area contributed by atoms with Crippen LogP contribution in [-0.2, 0) is 6.54 Å². The molecule has 0 amide bonds. The van der Waals surface area contributed by atoms with E-state index < -0.39 is 0 Å². The van der Waals surface area contributed by atoms with E-state index in [1.807, 2.05) is 22.8 Å². The molecule has 1 aliphatic heterocycles. The predicted octanol–water partition coefficient (Wildman–Crippen LogP) is 4.84. The summed E-state index contributed by atoms with van der Waals surface area (Å²) in [6.07, 6.45) is 9.72. The maximum Gasteiger partial charge on any atom is 0.226 e. The van der Waals surface area contributed by atoms with E-state index in [9.17, 15) is 0 Å². The quantitative estimate of drug-likeness (QED) is 0.431. The zero-order valence-corrected chi connectivity index (χ0v) is 20.4. The molecule has 1 aromatic carbocycles. The minimum Gasteiger partial charge on any atom is -0.461 e. The number of nitrogens with zero attached hydrogens (tertiary/aromatic N) is 6. The van der Waals surface area contributed by atoms with Crippen molar-refractivity contribution in [1.29, 1.82) is 0 Å². The van der Waals surface area contributed by atoms with Gasteiger partial charge in [0, 0.05) is 55.7 Å². The number of piperazine rings is 1. The van der Waals surface area contributed by atoms with Gasteiger partial charge in [0.2, 0.25) is 11.8 Å². The SMILES string of the molecule is CC1(Nc2ncc(CN3CCN(c4ccccc4)CC3)c3nc(-c4ccco4)nn23)CCCCC1.